The molecule has 1 fully saturated rings. The highest BCUT2D eigenvalue weighted by atomic mass is 35.5. The lowest BCUT2D eigenvalue weighted by atomic mass is 10.1. The zero-order valence-electron chi connectivity index (χ0n) is 12.4. The van der Waals surface area contributed by atoms with Gasteiger partial charge in [-0.25, -0.2) is 13.6 Å². The van der Waals surface area contributed by atoms with E-state index in [2.05, 4.69) is 0 Å². The van der Waals surface area contributed by atoms with E-state index in [4.69, 9.17) is 33.1 Å². The Labute approximate surface area is 145 Å². The van der Waals surface area contributed by atoms with Crippen molar-refractivity contribution in [2.24, 2.45) is 5.14 Å². The summed E-state index contributed by atoms with van der Waals surface area (Å²) in [5.41, 5.74) is 0.849. The third kappa shape index (κ3) is 5.61. The molecule has 1 aromatic rings. The molecule has 2 rings (SSSR count). The average molecular weight is 381 g/mol. The Hall–Kier alpha value is -0.860. The van der Waals surface area contributed by atoms with Crippen LogP contribution in [-0.4, -0.2) is 44.7 Å². The van der Waals surface area contributed by atoms with Gasteiger partial charge in [0, 0.05) is 13.0 Å². The summed E-state index contributed by atoms with van der Waals surface area (Å²) in [7, 11) is -3.54. The maximum Gasteiger partial charge on any atom is 0.222 e. The van der Waals surface area contributed by atoms with Gasteiger partial charge in [-0.1, -0.05) is 29.3 Å². The molecule has 0 spiro atoms. The Morgan fingerprint density at radius 3 is 2.74 bits per heavy atom. The molecule has 0 radical (unpaired) electrons. The maximum absolute atomic E-state index is 12.2. The maximum atomic E-state index is 12.2. The minimum atomic E-state index is -3.54. The minimum Gasteiger partial charge on any atom is -0.370 e. The Morgan fingerprint density at radius 2 is 2.09 bits per heavy atom. The third-order valence-corrected chi connectivity index (χ3v) is 5.15. The van der Waals surface area contributed by atoms with Crippen LogP contribution in [0.15, 0.2) is 18.2 Å². The number of primary sulfonamides is 1. The quantitative estimate of drug-likeness (QED) is 0.844. The number of ether oxygens (including phenoxy) is 1. The van der Waals surface area contributed by atoms with Crippen LogP contribution in [0.2, 0.25) is 10.0 Å². The first-order valence-electron chi connectivity index (χ1n) is 7.11. The number of halogens is 2. The van der Waals surface area contributed by atoms with Crippen LogP contribution in [-0.2, 0) is 19.6 Å². The van der Waals surface area contributed by atoms with Crippen molar-refractivity contribution in [2.45, 2.75) is 18.9 Å². The first-order chi connectivity index (χ1) is 10.8. The SMILES string of the molecule is NS(=O)(=O)CCCC(=O)N1CCO[C@H](c2ccc(Cl)c(Cl)c2)C1. The second kappa shape index (κ2) is 7.81. The zero-order chi connectivity index (χ0) is 17.0. The molecule has 1 aromatic carbocycles. The Bertz CT molecular complexity index is 681. The van der Waals surface area contributed by atoms with E-state index in [0.29, 0.717) is 29.7 Å². The molecule has 23 heavy (non-hydrogen) atoms. The molecule has 1 aliphatic rings. The van der Waals surface area contributed by atoms with Crippen molar-refractivity contribution in [2.75, 3.05) is 25.4 Å². The first-order valence-corrected chi connectivity index (χ1v) is 9.58. The van der Waals surface area contributed by atoms with Gasteiger partial charge in [-0.05, 0) is 24.1 Å². The molecular weight excluding hydrogens is 363 g/mol. The van der Waals surface area contributed by atoms with Crippen LogP contribution in [0.1, 0.15) is 24.5 Å². The van der Waals surface area contributed by atoms with E-state index in [1.54, 1.807) is 17.0 Å². The second-order valence-electron chi connectivity index (χ2n) is 5.34. The Morgan fingerprint density at radius 1 is 1.35 bits per heavy atom. The van der Waals surface area contributed by atoms with Crippen LogP contribution in [0.25, 0.3) is 0 Å². The van der Waals surface area contributed by atoms with E-state index >= 15 is 0 Å². The molecule has 9 heteroatoms. The molecule has 0 unspecified atom stereocenters. The second-order valence-corrected chi connectivity index (χ2v) is 7.89. The van der Waals surface area contributed by atoms with Gasteiger partial charge in [-0.3, -0.25) is 4.79 Å². The monoisotopic (exact) mass is 380 g/mol. The number of hydrogen-bond acceptors (Lipinski definition) is 4. The largest absolute Gasteiger partial charge is 0.370 e. The molecule has 6 nitrogen and oxygen atoms in total. The normalized spacial score (nSPS) is 18.9. The van der Waals surface area contributed by atoms with Gasteiger partial charge in [-0.15, -0.1) is 0 Å². The molecule has 128 valence electrons. The standard InChI is InChI=1S/C14H18Cl2N2O4S/c15-11-4-3-10(8-12(11)16)13-9-18(5-6-22-13)14(19)2-1-7-23(17,20)21/h3-4,8,13H,1-2,5-7,9H2,(H2,17,20,21)/t13-/m0/s1. The highest BCUT2D eigenvalue weighted by Crippen LogP contribution is 2.29. The summed E-state index contributed by atoms with van der Waals surface area (Å²) in [5.74, 6) is -0.304. The van der Waals surface area contributed by atoms with Gasteiger partial charge in [0.15, 0.2) is 0 Å². The fourth-order valence-electron chi connectivity index (χ4n) is 2.37. The summed E-state index contributed by atoms with van der Waals surface area (Å²) in [6.07, 6.45) is 0.0810. The van der Waals surface area contributed by atoms with E-state index in [-0.39, 0.29) is 30.6 Å². The van der Waals surface area contributed by atoms with Crippen LogP contribution < -0.4 is 5.14 Å². The van der Waals surface area contributed by atoms with Crippen LogP contribution in [0.4, 0.5) is 0 Å². The molecule has 1 atom stereocenters. The predicted molar refractivity (Wildman–Crippen MR) is 88.9 cm³/mol. The number of nitrogens with two attached hydrogens (primary N) is 1. The Balaban J connectivity index is 1.94. The number of sulfonamides is 1. The number of benzene rings is 1. The lowest BCUT2D eigenvalue weighted by molar-refractivity contribution is -0.139. The van der Waals surface area contributed by atoms with Crippen molar-refractivity contribution in [3.05, 3.63) is 33.8 Å². The summed E-state index contributed by atoms with van der Waals surface area (Å²) >= 11 is 11.9. The predicted octanol–water partition coefficient (Wildman–Crippen LogP) is 1.96. The molecule has 1 aliphatic heterocycles. The number of amides is 1. The van der Waals surface area contributed by atoms with Gasteiger partial charge in [0.2, 0.25) is 15.9 Å². The fourth-order valence-corrected chi connectivity index (χ4v) is 3.23. The van der Waals surface area contributed by atoms with Gasteiger partial charge in [-0.2, -0.15) is 0 Å². The van der Waals surface area contributed by atoms with Crippen LogP contribution in [0, 0.1) is 0 Å². The van der Waals surface area contributed by atoms with Crippen LogP contribution in [0.3, 0.4) is 0 Å². The number of morpholine rings is 1. The van der Waals surface area contributed by atoms with E-state index in [9.17, 15) is 13.2 Å². The van der Waals surface area contributed by atoms with Gasteiger partial charge < -0.3 is 9.64 Å². The van der Waals surface area contributed by atoms with Crippen molar-refractivity contribution < 1.29 is 17.9 Å². The first kappa shape index (κ1) is 18.5. The van der Waals surface area contributed by atoms with Crippen molar-refractivity contribution in [3.8, 4) is 0 Å². The smallest absolute Gasteiger partial charge is 0.222 e. The highest BCUT2D eigenvalue weighted by Gasteiger charge is 2.25. The van der Waals surface area contributed by atoms with Gasteiger partial charge >= 0.3 is 0 Å². The van der Waals surface area contributed by atoms with Gasteiger partial charge in [0.1, 0.15) is 6.10 Å². The molecule has 1 saturated heterocycles. The molecule has 2 N–H and O–H groups in total. The number of carbonyl (C=O) groups is 1. The highest BCUT2D eigenvalue weighted by molar-refractivity contribution is 7.89. The summed E-state index contributed by atoms with van der Waals surface area (Å²) in [4.78, 5) is 13.8. The zero-order valence-corrected chi connectivity index (χ0v) is 14.7. The fraction of sp³-hybridized carbons (Fsp3) is 0.500. The molecule has 1 amide bonds. The van der Waals surface area contributed by atoms with Gasteiger partial charge in [0.05, 0.1) is 28.9 Å². The van der Waals surface area contributed by atoms with Crippen molar-refractivity contribution in [3.63, 3.8) is 0 Å². The number of rotatable bonds is 5. The third-order valence-electron chi connectivity index (χ3n) is 3.55. The number of nitrogens with zero attached hydrogens (tertiary/aromatic N) is 1. The molecular formula is C14H18Cl2N2O4S. The van der Waals surface area contributed by atoms with Crippen LogP contribution in [0.5, 0.6) is 0 Å². The average Bonchev–Trinajstić information content (AvgIpc) is 2.49. The number of hydrogen-bond donors (Lipinski definition) is 1. The van der Waals surface area contributed by atoms with E-state index in [0.717, 1.165) is 5.56 Å². The topological polar surface area (TPSA) is 89.7 Å². The lowest BCUT2D eigenvalue weighted by Crippen LogP contribution is -2.42. The minimum absolute atomic E-state index is 0.109. The van der Waals surface area contributed by atoms with E-state index in [1.165, 1.54) is 0 Å². The van der Waals surface area contributed by atoms with E-state index in [1.807, 2.05) is 6.07 Å². The van der Waals surface area contributed by atoms with Gasteiger partial charge in [0.25, 0.3) is 0 Å². The summed E-state index contributed by atoms with van der Waals surface area (Å²) in [6.45, 7) is 1.28. The molecule has 0 aliphatic carbocycles. The van der Waals surface area contributed by atoms with Crippen molar-refractivity contribution in [1.82, 2.24) is 4.90 Å². The molecule has 1 heterocycles. The van der Waals surface area contributed by atoms with Crippen molar-refractivity contribution >= 4 is 39.1 Å². The summed E-state index contributed by atoms with van der Waals surface area (Å²) < 4.78 is 27.5. The summed E-state index contributed by atoms with van der Waals surface area (Å²) in [5, 5.41) is 5.82. The summed E-state index contributed by atoms with van der Waals surface area (Å²) in [6, 6.07) is 5.23. The molecule has 0 aromatic heterocycles. The van der Waals surface area contributed by atoms with E-state index < -0.39 is 10.0 Å². The van der Waals surface area contributed by atoms with Crippen molar-refractivity contribution in [1.29, 1.82) is 0 Å². The molecule has 0 bridgehead atoms. The molecule has 0 saturated carbocycles. The van der Waals surface area contributed by atoms with Crippen LogP contribution >= 0.6 is 23.2 Å². The Kier molecular flexibility index (Phi) is 6.27. The number of carbonyl (C=O) groups excluding carboxylic acids is 1. The lowest BCUT2D eigenvalue weighted by Gasteiger charge is -2.33.